The van der Waals surface area contributed by atoms with Gasteiger partial charge in [0, 0.05) is 17.5 Å². The maximum absolute atomic E-state index is 12.3. The van der Waals surface area contributed by atoms with E-state index in [4.69, 9.17) is 4.74 Å². The first-order valence-corrected chi connectivity index (χ1v) is 8.70. The Morgan fingerprint density at radius 3 is 2.33 bits per heavy atom. The topological polar surface area (TPSA) is 67.4 Å². The van der Waals surface area contributed by atoms with Crippen molar-refractivity contribution in [1.82, 2.24) is 0 Å². The molecule has 2 aromatic rings. The molecule has 2 N–H and O–H groups in total. The van der Waals surface area contributed by atoms with Crippen LogP contribution in [-0.4, -0.2) is 24.2 Å². The molecule has 24 heavy (non-hydrogen) atoms. The first-order valence-electron chi connectivity index (χ1n) is 7.48. The second-order valence-electron chi connectivity index (χ2n) is 5.16. The molecular weight excluding hydrogens is 324 g/mol. The largest absolute Gasteiger partial charge is 0.481 e. The van der Waals surface area contributed by atoms with Gasteiger partial charge in [-0.1, -0.05) is 12.1 Å². The summed E-state index contributed by atoms with van der Waals surface area (Å²) in [4.78, 5) is 24.3. The summed E-state index contributed by atoms with van der Waals surface area (Å²) < 4.78 is 5.65. The Bertz CT molecular complexity index is 716. The van der Waals surface area contributed by atoms with E-state index in [1.165, 1.54) is 6.92 Å². The molecule has 0 radical (unpaired) electrons. The molecule has 2 aromatic carbocycles. The quantitative estimate of drug-likeness (QED) is 0.783. The molecule has 1 unspecified atom stereocenters. The monoisotopic (exact) mass is 344 g/mol. The van der Waals surface area contributed by atoms with Gasteiger partial charge in [-0.25, -0.2) is 0 Å². The minimum atomic E-state index is -0.647. The molecule has 126 valence electrons. The molecule has 1 atom stereocenters. The number of amides is 2. The van der Waals surface area contributed by atoms with E-state index < -0.39 is 6.10 Å². The predicted molar refractivity (Wildman–Crippen MR) is 97.7 cm³/mol. The highest BCUT2D eigenvalue weighted by atomic mass is 32.2. The Kier molecular flexibility index (Phi) is 6.26. The number of carbonyl (C=O) groups excluding carboxylic acids is 2. The van der Waals surface area contributed by atoms with Gasteiger partial charge in [-0.05, 0) is 49.6 Å². The molecule has 0 aliphatic rings. The minimum absolute atomic E-state index is 0.135. The van der Waals surface area contributed by atoms with Gasteiger partial charge in [0.15, 0.2) is 6.10 Å². The number of carbonyl (C=O) groups is 2. The Morgan fingerprint density at radius 1 is 1.04 bits per heavy atom. The van der Waals surface area contributed by atoms with Crippen LogP contribution in [0.3, 0.4) is 0 Å². The van der Waals surface area contributed by atoms with E-state index in [1.54, 1.807) is 43.0 Å². The molecule has 0 spiro atoms. The highest BCUT2D eigenvalue weighted by molar-refractivity contribution is 7.98. The normalized spacial score (nSPS) is 11.5. The number of nitrogens with one attached hydrogen (secondary N) is 2. The number of para-hydroxylation sites is 1. The Hall–Kier alpha value is -2.47. The molecule has 0 aromatic heterocycles. The van der Waals surface area contributed by atoms with E-state index in [1.807, 2.05) is 30.5 Å². The summed E-state index contributed by atoms with van der Waals surface area (Å²) in [6.45, 7) is 3.14. The summed E-state index contributed by atoms with van der Waals surface area (Å²) in [5, 5.41) is 5.55. The summed E-state index contributed by atoms with van der Waals surface area (Å²) in [6, 6.07) is 14.5. The summed E-state index contributed by atoms with van der Waals surface area (Å²) in [5.74, 6) is 0.205. The highest BCUT2D eigenvalue weighted by Crippen LogP contribution is 2.25. The van der Waals surface area contributed by atoms with Crippen molar-refractivity contribution in [2.24, 2.45) is 0 Å². The molecule has 5 nitrogen and oxygen atoms in total. The lowest BCUT2D eigenvalue weighted by Crippen LogP contribution is -2.30. The Morgan fingerprint density at radius 2 is 1.71 bits per heavy atom. The van der Waals surface area contributed by atoms with Crippen molar-refractivity contribution < 1.29 is 14.3 Å². The summed E-state index contributed by atoms with van der Waals surface area (Å²) in [6.07, 6.45) is 1.31. The lowest BCUT2D eigenvalue weighted by molar-refractivity contribution is -0.122. The van der Waals surface area contributed by atoms with Crippen molar-refractivity contribution >= 4 is 35.0 Å². The molecule has 0 saturated carbocycles. The van der Waals surface area contributed by atoms with E-state index in [0.29, 0.717) is 11.4 Å². The molecule has 0 saturated heterocycles. The van der Waals surface area contributed by atoms with Crippen LogP contribution < -0.4 is 15.4 Å². The molecule has 0 heterocycles. The van der Waals surface area contributed by atoms with Gasteiger partial charge in [0.25, 0.3) is 5.91 Å². The average Bonchev–Trinajstić information content (AvgIpc) is 2.56. The fourth-order valence-corrected chi connectivity index (χ4v) is 2.61. The lowest BCUT2D eigenvalue weighted by atomic mass is 10.2. The molecule has 0 aliphatic heterocycles. The van der Waals surface area contributed by atoms with Crippen LogP contribution in [0.2, 0.25) is 0 Å². The van der Waals surface area contributed by atoms with Crippen molar-refractivity contribution in [3.8, 4) is 5.75 Å². The van der Waals surface area contributed by atoms with Gasteiger partial charge in [-0.3, -0.25) is 9.59 Å². The average molecular weight is 344 g/mol. The summed E-state index contributed by atoms with van der Waals surface area (Å²) >= 11 is 1.57. The van der Waals surface area contributed by atoms with Gasteiger partial charge >= 0.3 is 0 Å². The van der Waals surface area contributed by atoms with Gasteiger partial charge in [-0.15, -0.1) is 11.8 Å². The van der Waals surface area contributed by atoms with Crippen LogP contribution in [0.15, 0.2) is 53.4 Å². The number of ether oxygens (including phenoxy) is 1. The van der Waals surface area contributed by atoms with Crippen molar-refractivity contribution in [2.75, 3.05) is 16.9 Å². The molecule has 2 amide bonds. The Labute approximate surface area is 145 Å². The number of benzene rings is 2. The van der Waals surface area contributed by atoms with Crippen LogP contribution in [-0.2, 0) is 9.59 Å². The number of hydrogen-bond acceptors (Lipinski definition) is 4. The highest BCUT2D eigenvalue weighted by Gasteiger charge is 2.16. The van der Waals surface area contributed by atoms with E-state index in [0.717, 1.165) is 10.6 Å². The molecule has 6 heteroatoms. The lowest BCUT2D eigenvalue weighted by Gasteiger charge is -2.16. The van der Waals surface area contributed by atoms with Crippen LogP contribution >= 0.6 is 11.8 Å². The smallest absolute Gasteiger partial charge is 0.265 e. The van der Waals surface area contributed by atoms with Gasteiger partial charge in [0.1, 0.15) is 5.75 Å². The van der Waals surface area contributed by atoms with Crippen molar-refractivity contribution in [2.45, 2.75) is 24.8 Å². The SMILES string of the molecule is CSc1ccccc1NC(=O)C(C)Oc1ccc(NC(C)=O)cc1. The van der Waals surface area contributed by atoms with Crippen LogP contribution in [0.25, 0.3) is 0 Å². The van der Waals surface area contributed by atoms with Gasteiger partial charge in [0.2, 0.25) is 5.91 Å². The molecular formula is C18H20N2O3S. The fraction of sp³-hybridized carbons (Fsp3) is 0.222. The number of rotatable bonds is 6. The molecule has 0 fully saturated rings. The molecule has 0 aliphatic carbocycles. The van der Waals surface area contributed by atoms with E-state index in [-0.39, 0.29) is 11.8 Å². The first-order chi connectivity index (χ1) is 11.5. The summed E-state index contributed by atoms with van der Waals surface area (Å²) in [7, 11) is 0. The van der Waals surface area contributed by atoms with E-state index in [9.17, 15) is 9.59 Å². The number of anilines is 2. The third-order valence-corrected chi connectivity index (χ3v) is 4.02. The van der Waals surface area contributed by atoms with Crippen molar-refractivity contribution in [3.63, 3.8) is 0 Å². The third kappa shape index (κ3) is 5.03. The zero-order chi connectivity index (χ0) is 17.5. The second-order valence-corrected chi connectivity index (χ2v) is 6.00. The fourth-order valence-electron chi connectivity index (χ4n) is 2.06. The van der Waals surface area contributed by atoms with E-state index in [2.05, 4.69) is 10.6 Å². The zero-order valence-electron chi connectivity index (χ0n) is 13.8. The van der Waals surface area contributed by atoms with Crippen molar-refractivity contribution in [1.29, 1.82) is 0 Å². The van der Waals surface area contributed by atoms with Gasteiger partial charge < -0.3 is 15.4 Å². The third-order valence-electron chi connectivity index (χ3n) is 3.22. The van der Waals surface area contributed by atoms with Crippen LogP contribution in [0.4, 0.5) is 11.4 Å². The second kappa shape index (κ2) is 8.40. The standard InChI is InChI=1S/C18H20N2O3S/c1-12(18(22)20-16-6-4-5-7-17(16)24-3)23-15-10-8-14(9-11-15)19-13(2)21/h4-12H,1-3H3,(H,19,21)(H,20,22). The number of hydrogen-bond donors (Lipinski definition) is 2. The maximum atomic E-state index is 12.3. The Balaban J connectivity index is 1.97. The van der Waals surface area contributed by atoms with Crippen LogP contribution in [0.1, 0.15) is 13.8 Å². The molecule has 2 rings (SSSR count). The maximum Gasteiger partial charge on any atom is 0.265 e. The predicted octanol–water partition coefficient (Wildman–Crippen LogP) is 3.77. The zero-order valence-corrected chi connectivity index (χ0v) is 14.6. The number of thioether (sulfide) groups is 1. The molecule has 0 bridgehead atoms. The van der Waals surface area contributed by atoms with Crippen LogP contribution in [0.5, 0.6) is 5.75 Å². The van der Waals surface area contributed by atoms with Crippen molar-refractivity contribution in [3.05, 3.63) is 48.5 Å². The summed E-state index contributed by atoms with van der Waals surface area (Å²) in [5.41, 5.74) is 1.45. The van der Waals surface area contributed by atoms with E-state index >= 15 is 0 Å². The van der Waals surface area contributed by atoms with Gasteiger partial charge in [-0.2, -0.15) is 0 Å². The first kappa shape index (κ1) is 17.9. The van der Waals surface area contributed by atoms with Crippen LogP contribution in [0, 0.1) is 0 Å². The van der Waals surface area contributed by atoms with Gasteiger partial charge in [0.05, 0.1) is 5.69 Å². The minimum Gasteiger partial charge on any atom is -0.481 e.